The maximum Gasteiger partial charge on any atom is 0.187 e. The molecule has 0 aromatic heterocycles. The predicted molar refractivity (Wildman–Crippen MR) is 83.9 cm³/mol. The predicted octanol–water partition coefficient (Wildman–Crippen LogP) is 0.833. The lowest BCUT2D eigenvalue weighted by Crippen LogP contribution is -2.50. The van der Waals surface area contributed by atoms with Gasteiger partial charge in [0.2, 0.25) is 0 Å². The Morgan fingerprint density at radius 1 is 0.654 bits per heavy atom. The van der Waals surface area contributed by atoms with Crippen molar-refractivity contribution in [1.29, 1.82) is 0 Å². The van der Waals surface area contributed by atoms with Gasteiger partial charge in [0, 0.05) is 0 Å². The summed E-state index contributed by atoms with van der Waals surface area (Å²) < 4.78 is 48.6. The van der Waals surface area contributed by atoms with Gasteiger partial charge in [-0.1, -0.05) is 0 Å². The molecule has 6 heterocycles. The highest BCUT2D eigenvalue weighted by molar-refractivity contribution is 5.37. The largest absolute Gasteiger partial charge is 0.347 e. The maximum atomic E-state index is 6.27. The van der Waals surface area contributed by atoms with E-state index in [-0.39, 0.29) is 36.6 Å². The van der Waals surface area contributed by atoms with E-state index in [0.29, 0.717) is 13.2 Å². The summed E-state index contributed by atoms with van der Waals surface area (Å²) in [5.41, 5.74) is 2.03. The maximum absolute atomic E-state index is 6.27. The third-order valence-corrected chi connectivity index (χ3v) is 5.86. The van der Waals surface area contributed by atoms with Gasteiger partial charge in [-0.15, -0.1) is 0 Å². The van der Waals surface area contributed by atoms with Crippen LogP contribution in [-0.4, -0.2) is 74.0 Å². The summed E-state index contributed by atoms with van der Waals surface area (Å²) in [6.45, 7) is 8.59. The minimum absolute atomic E-state index is 0.192. The molecule has 6 aliphatic heterocycles. The first kappa shape index (κ1) is 16.4. The first-order valence-electron chi connectivity index (χ1n) is 9.31. The van der Waals surface area contributed by atoms with E-state index in [9.17, 15) is 0 Å². The Hall–Kier alpha value is -0.580. The van der Waals surface area contributed by atoms with Gasteiger partial charge in [0.05, 0.1) is 13.2 Å². The van der Waals surface area contributed by atoms with Crippen molar-refractivity contribution in [2.45, 2.75) is 88.5 Å². The van der Waals surface area contributed by atoms with Crippen molar-refractivity contribution in [3.05, 3.63) is 11.1 Å². The highest BCUT2D eigenvalue weighted by Gasteiger charge is 2.62. The third-order valence-electron chi connectivity index (χ3n) is 5.86. The molecular formula is C18H24O8. The van der Waals surface area contributed by atoms with Gasteiger partial charge in [-0.3, -0.25) is 0 Å². The Bertz CT molecular complexity index is 616. The van der Waals surface area contributed by atoms with E-state index in [1.165, 1.54) is 0 Å². The lowest BCUT2D eigenvalue weighted by Gasteiger charge is -2.37. The fourth-order valence-corrected chi connectivity index (χ4v) is 5.04. The molecule has 26 heavy (non-hydrogen) atoms. The average Bonchev–Trinajstić information content (AvgIpc) is 3.27. The van der Waals surface area contributed by atoms with Gasteiger partial charge in [-0.2, -0.15) is 0 Å². The Kier molecular flexibility index (Phi) is 3.19. The first-order chi connectivity index (χ1) is 12.3. The van der Waals surface area contributed by atoms with Crippen LogP contribution in [0.3, 0.4) is 0 Å². The molecular weight excluding hydrogens is 344 g/mol. The summed E-state index contributed by atoms with van der Waals surface area (Å²) in [7, 11) is 0. The smallest absolute Gasteiger partial charge is 0.187 e. The second-order valence-corrected chi connectivity index (χ2v) is 8.61. The molecule has 0 aromatic carbocycles. The number of rotatable bonds is 0. The highest BCUT2D eigenvalue weighted by atomic mass is 16.8. The van der Waals surface area contributed by atoms with E-state index in [1.807, 2.05) is 27.7 Å². The van der Waals surface area contributed by atoms with Gasteiger partial charge in [0.15, 0.2) is 24.2 Å². The zero-order valence-electron chi connectivity index (χ0n) is 15.3. The Labute approximate surface area is 151 Å². The Balaban J connectivity index is 1.49. The molecule has 4 bridgehead atoms. The fourth-order valence-electron chi connectivity index (χ4n) is 5.04. The summed E-state index contributed by atoms with van der Waals surface area (Å²) in [5, 5.41) is 0. The third kappa shape index (κ3) is 2.18. The van der Waals surface area contributed by atoms with Crippen LogP contribution in [0.4, 0.5) is 0 Å². The van der Waals surface area contributed by atoms with E-state index in [0.717, 1.165) is 11.1 Å². The molecule has 0 aromatic rings. The van der Waals surface area contributed by atoms with E-state index in [2.05, 4.69) is 0 Å². The molecule has 6 saturated heterocycles. The molecule has 6 aliphatic rings. The van der Waals surface area contributed by atoms with Crippen LogP contribution in [0.25, 0.3) is 0 Å². The summed E-state index contributed by atoms with van der Waals surface area (Å²) in [5.74, 6) is -1.40. The summed E-state index contributed by atoms with van der Waals surface area (Å²) in [4.78, 5) is 0. The molecule has 8 nitrogen and oxygen atoms in total. The van der Waals surface area contributed by atoms with Gasteiger partial charge in [-0.05, 0) is 38.8 Å². The topological polar surface area (TPSA) is 73.8 Å². The van der Waals surface area contributed by atoms with Crippen LogP contribution in [0.1, 0.15) is 27.7 Å². The molecule has 8 heteroatoms. The van der Waals surface area contributed by atoms with Crippen LogP contribution in [0.5, 0.6) is 0 Å². The van der Waals surface area contributed by atoms with Crippen LogP contribution in [0.2, 0.25) is 0 Å². The minimum Gasteiger partial charge on any atom is -0.347 e. The number of fused-ring (bicyclic) bond motifs is 8. The quantitative estimate of drug-likeness (QED) is 0.582. The van der Waals surface area contributed by atoms with Crippen molar-refractivity contribution in [2.24, 2.45) is 0 Å². The van der Waals surface area contributed by atoms with Gasteiger partial charge in [-0.25, -0.2) is 0 Å². The minimum atomic E-state index is -0.700. The highest BCUT2D eigenvalue weighted by Crippen LogP contribution is 2.50. The van der Waals surface area contributed by atoms with Crippen molar-refractivity contribution < 1.29 is 37.9 Å². The Morgan fingerprint density at radius 3 is 1.50 bits per heavy atom. The molecule has 0 spiro atoms. The molecule has 0 unspecified atom stereocenters. The monoisotopic (exact) mass is 368 g/mol. The van der Waals surface area contributed by atoms with Crippen molar-refractivity contribution in [3.63, 3.8) is 0 Å². The van der Waals surface area contributed by atoms with Gasteiger partial charge in [0.1, 0.15) is 36.6 Å². The van der Waals surface area contributed by atoms with Gasteiger partial charge < -0.3 is 37.9 Å². The molecule has 144 valence electrons. The molecule has 0 N–H and O–H groups in total. The number of ether oxygens (including phenoxy) is 8. The van der Waals surface area contributed by atoms with E-state index in [1.54, 1.807) is 0 Å². The molecule has 0 amide bonds. The Morgan fingerprint density at radius 2 is 1.08 bits per heavy atom. The molecule has 0 radical (unpaired) electrons. The molecule has 8 atom stereocenters. The van der Waals surface area contributed by atoms with Gasteiger partial charge in [0.25, 0.3) is 0 Å². The lowest BCUT2D eigenvalue weighted by molar-refractivity contribution is -0.185. The van der Waals surface area contributed by atoms with Crippen molar-refractivity contribution in [1.82, 2.24) is 0 Å². The average molecular weight is 368 g/mol. The number of hydrogen-bond donors (Lipinski definition) is 0. The second kappa shape index (κ2) is 5.07. The van der Waals surface area contributed by atoms with Crippen molar-refractivity contribution in [2.75, 3.05) is 13.2 Å². The van der Waals surface area contributed by atoms with E-state index < -0.39 is 24.2 Å². The SMILES string of the molecule is CC1(C)O[C@@H]2[C@@H]3OC[C@@H](O3)C(=C3[C@H]4CO[C@H](O4)[C@H]4OC(C)(C)O[C@@H]34)[C@@H]2O1. The van der Waals surface area contributed by atoms with Crippen LogP contribution < -0.4 is 0 Å². The summed E-state index contributed by atoms with van der Waals surface area (Å²) >= 11 is 0. The molecule has 6 rings (SSSR count). The van der Waals surface area contributed by atoms with Crippen LogP contribution in [-0.2, 0) is 37.9 Å². The zero-order chi connectivity index (χ0) is 17.8. The second-order valence-electron chi connectivity index (χ2n) is 8.61. The number of hydrogen-bond acceptors (Lipinski definition) is 8. The van der Waals surface area contributed by atoms with Crippen LogP contribution >= 0.6 is 0 Å². The fraction of sp³-hybridized carbons (Fsp3) is 0.889. The first-order valence-corrected chi connectivity index (χ1v) is 9.31. The molecule has 6 fully saturated rings. The van der Waals surface area contributed by atoms with E-state index in [4.69, 9.17) is 37.9 Å². The zero-order valence-corrected chi connectivity index (χ0v) is 15.3. The standard InChI is InChI=1S/C18H24O8/c1-17(2)23-11-9(7-5-19-15(21-7)13(11)25-17)10-8-6-20-16(22-8)14-12(10)24-18(3,4)26-14/h7-8,11-16H,5-6H2,1-4H3/t7-,8-,11+,12+,13+,14+,15-,16-/m1/s1. The molecule has 0 saturated carbocycles. The summed E-state index contributed by atoms with van der Waals surface area (Å²) in [6, 6.07) is 0. The van der Waals surface area contributed by atoms with Crippen molar-refractivity contribution >= 4 is 0 Å². The van der Waals surface area contributed by atoms with Crippen LogP contribution in [0, 0.1) is 0 Å². The van der Waals surface area contributed by atoms with Crippen molar-refractivity contribution in [3.8, 4) is 0 Å². The molecule has 0 aliphatic carbocycles. The van der Waals surface area contributed by atoms with E-state index >= 15 is 0 Å². The lowest BCUT2D eigenvalue weighted by atomic mass is 9.85. The van der Waals surface area contributed by atoms with Gasteiger partial charge >= 0.3 is 0 Å². The summed E-state index contributed by atoms with van der Waals surface area (Å²) in [6.07, 6.45) is -2.30. The normalized spacial score (nSPS) is 55.8. The van der Waals surface area contributed by atoms with Crippen LogP contribution in [0.15, 0.2) is 11.1 Å².